The maximum Gasteiger partial charge on any atom is 0.252 e. The molecule has 1 aliphatic heterocycles. The topological polar surface area (TPSA) is 120 Å². The smallest absolute Gasteiger partial charge is 0.252 e. The summed E-state index contributed by atoms with van der Waals surface area (Å²) in [5.74, 6) is -0.713. The molecule has 2 aromatic carbocycles. The number of benzene rings is 2. The maximum absolute atomic E-state index is 12.9. The highest BCUT2D eigenvalue weighted by molar-refractivity contribution is 7.90. The molecule has 1 N–H and O–H groups in total. The van der Waals surface area contributed by atoms with Gasteiger partial charge in [0.25, 0.3) is 5.91 Å². The van der Waals surface area contributed by atoms with Gasteiger partial charge in [0.15, 0.2) is 9.84 Å². The molecular weight excluding hydrogens is 440 g/mol. The monoisotopic (exact) mass is 462 g/mol. The summed E-state index contributed by atoms with van der Waals surface area (Å²) in [4.78, 5) is 31.4. The van der Waals surface area contributed by atoms with E-state index in [1.165, 1.54) is 17.2 Å². The van der Waals surface area contributed by atoms with Crippen molar-refractivity contribution in [2.75, 3.05) is 19.3 Å². The van der Waals surface area contributed by atoms with Gasteiger partial charge in [0.1, 0.15) is 6.04 Å². The molecule has 33 heavy (non-hydrogen) atoms. The first-order valence-electron chi connectivity index (χ1n) is 10.4. The molecule has 1 saturated heterocycles. The lowest BCUT2D eigenvalue weighted by molar-refractivity contribution is -0.130. The zero-order valence-corrected chi connectivity index (χ0v) is 18.8. The van der Waals surface area contributed by atoms with Crippen molar-refractivity contribution in [3.63, 3.8) is 0 Å². The standard InChI is InChI=1S/C24H22N4O4S/c1-33(31,32)19-6-2-4-16(12-19)17-7-8-22-21(13-17)20(9-10-26-22)24(30)27-15-23(29)28-11-3-5-18(28)14-25/h2,4,6-10,12-13,18H,3,5,11,15H2,1H3,(H,27,30)/t18-/m0/s1. The lowest BCUT2D eigenvalue weighted by Gasteiger charge is -2.19. The van der Waals surface area contributed by atoms with Crippen molar-refractivity contribution in [2.45, 2.75) is 23.8 Å². The first kappa shape index (κ1) is 22.4. The lowest BCUT2D eigenvalue weighted by atomic mass is 10.0. The third-order valence-corrected chi connectivity index (χ3v) is 6.81. The second-order valence-electron chi connectivity index (χ2n) is 7.95. The number of amides is 2. The Morgan fingerprint density at radius 2 is 1.97 bits per heavy atom. The predicted octanol–water partition coefficient (Wildman–Crippen LogP) is 2.55. The number of hydrogen-bond acceptors (Lipinski definition) is 6. The molecule has 2 amide bonds. The molecule has 0 unspecified atom stereocenters. The number of rotatable bonds is 5. The van der Waals surface area contributed by atoms with Gasteiger partial charge in [-0.1, -0.05) is 18.2 Å². The number of hydrogen-bond donors (Lipinski definition) is 1. The number of nitrogens with one attached hydrogen (secondary N) is 1. The van der Waals surface area contributed by atoms with E-state index in [1.807, 2.05) is 6.07 Å². The molecule has 168 valence electrons. The molecule has 9 heteroatoms. The third-order valence-electron chi connectivity index (χ3n) is 5.70. The average molecular weight is 463 g/mol. The van der Waals surface area contributed by atoms with Crippen LogP contribution in [0.1, 0.15) is 23.2 Å². The lowest BCUT2D eigenvalue weighted by Crippen LogP contribution is -2.42. The molecule has 0 aliphatic carbocycles. The molecule has 1 aliphatic rings. The summed E-state index contributed by atoms with van der Waals surface area (Å²) in [6, 6.07) is 15.2. The molecule has 3 aromatic rings. The molecule has 0 spiro atoms. The van der Waals surface area contributed by atoms with Crippen LogP contribution in [0, 0.1) is 11.3 Å². The van der Waals surface area contributed by atoms with E-state index in [0.29, 0.717) is 35.0 Å². The van der Waals surface area contributed by atoms with Crippen molar-refractivity contribution in [1.82, 2.24) is 15.2 Å². The third kappa shape index (κ3) is 4.71. The number of nitriles is 1. The number of sulfone groups is 1. The molecule has 0 bridgehead atoms. The Hall–Kier alpha value is -3.77. The van der Waals surface area contributed by atoms with Crippen molar-refractivity contribution >= 4 is 32.6 Å². The Labute approximate surface area is 191 Å². The predicted molar refractivity (Wildman–Crippen MR) is 123 cm³/mol. The minimum atomic E-state index is -3.36. The minimum Gasteiger partial charge on any atom is -0.343 e. The molecule has 1 aromatic heterocycles. The van der Waals surface area contributed by atoms with Gasteiger partial charge in [-0.25, -0.2) is 8.42 Å². The normalized spacial score (nSPS) is 15.9. The van der Waals surface area contributed by atoms with Crippen LogP contribution in [0.2, 0.25) is 0 Å². The van der Waals surface area contributed by atoms with E-state index >= 15 is 0 Å². The fraction of sp³-hybridized carbons (Fsp3) is 0.250. The number of fused-ring (bicyclic) bond motifs is 1. The molecule has 4 rings (SSSR count). The molecule has 0 saturated carbocycles. The molecule has 2 heterocycles. The van der Waals surface area contributed by atoms with E-state index in [9.17, 15) is 18.0 Å². The second kappa shape index (κ2) is 9.00. The Morgan fingerprint density at radius 3 is 2.73 bits per heavy atom. The number of carbonyl (C=O) groups is 2. The fourth-order valence-corrected chi connectivity index (χ4v) is 4.65. The number of nitrogens with zero attached hydrogens (tertiary/aromatic N) is 3. The van der Waals surface area contributed by atoms with Gasteiger partial charge >= 0.3 is 0 Å². The van der Waals surface area contributed by atoms with Crippen LogP contribution in [-0.2, 0) is 14.6 Å². The summed E-state index contributed by atoms with van der Waals surface area (Å²) in [6.07, 6.45) is 4.10. The molecule has 1 atom stereocenters. The highest BCUT2D eigenvalue weighted by Crippen LogP contribution is 2.27. The highest BCUT2D eigenvalue weighted by atomic mass is 32.2. The summed E-state index contributed by atoms with van der Waals surface area (Å²) in [6.45, 7) is 0.317. The van der Waals surface area contributed by atoms with Crippen LogP contribution < -0.4 is 5.32 Å². The van der Waals surface area contributed by atoms with Gasteiger partial charge in [-0.15, -0.1) is 0 Å². The van der Waals surface area contributed by atoms with Crippen LogP contribution in [0.5, 0.6) is 0 Å². The van der Waals surface area contributed by atoms with Crippen molar-refractivity contribution in [3.05, 3.63) is 60.3 Å². The Bertz CT molecular complexity index is 1400. The maximum atomic E-state index is 12.9. The van der Waals surface area contributed by atoms with Crippen molar-refractivity contribution < 1.29 is 18.0 Å². The van der Waals surface area contributed by atoms with E-state index in [2.05, 4.69) is 16.4 Å². The van der Waals surface area contributed by atoms with Crippen molar-refractivity contribution in [1.29, 1.82) is 5.26 Å². The summed E-state index contributed by atoms with van der Waals surface area (Å²) in [7, 11) is -3.36. The van der Waals surface area contributed by atoms with Gasteiger partial charge < -0.3 is 10.2 Å². The largest absolute Gasteiger partial charge is 0.343 e. The van der Waals surface area contributed by atoms with Crippen molar-refractivity contribution in [3.8, 4) is 17.2 Å². The summed E-state index contributed by atoms with van der Waals surface area (Å²) >= 11 is 0. The molecular formula is C24H22N4O4S. The van der Waals surface area contributed by atoms with E-state index in [4.69, 9.17) is 5.26 Å². The first-order chi connectivity index (χ1) is 15.8. The summed E-state index contributed by atoms with van der Waals surface area (Å²) < 4.78 is 23.8. The van der Waals surface area contributed by atoms with E-state index in [-0.39, 0.29) is 17.3 Å². The molecule has 8 nitrogen and oxygen atoms in total. The Kier molecular flexibility index (Phi) is 6.11. The van der Waals surface area contributed by atoms with Gasteiger partial charge in [0.05, 0.1) is 28.6 Å². The quantitative estimate of drug-likeness (QED) is 0.622. The second-order valence-corrected chi connectivity index (χ2v) is 9.96. The van der Waals surface area contributed by atoms with E-state index < -0.39 is 21.8 Å². The van der Waals surface area contributed by atoms with Crippen LogP contribution in [-0.4, -0.2) is 55.5 Å². The summed E-state index contributed by atoms with van der Waals surface area (Å²) in [5, 5.41) is 12.4. The SMILES string of the molecule is CS(=O)(=O)c1cccc(-c2ccc3nccc(C(=O)NCC(=O)N4CCC[C@H]4C#N)c3c2)c1. The molecule has 1 fully saturated rings. The van der Waals surface area contributed by atoms with E-state index in [1.54, 1.807) is 36.4 Å². The van der Waals surface area contributed by atoms with Gasteiger partial charge in [-0.05, 0) is 54.3 Å². The van der Waals surface area contributed by atoms with Crippen LogP contribution in [0.15, 0.2) is 59.6 Å². The fourth-order valence-electron chi connectivity index (χ4n) is 3.98. The molecule has 0 radical (unpaired) electrons. The van der Waals surface area contributed by atoms with Crippen LogP contribution >= 0.6 is 0 Å². The van der Waals surface area contributed by atoms with E-state index in [0.717, 1.165) is 18.2 Å². The average Bonchev–Trinajstić information content (AvgIpc) is 3.30. The Balaban J connectivity index is 1.60. The zero-order chi connectivity index (χ0) is 23.6. The van der Waals surface area contributed by atoms with Crippen LogP contribution in [0.25, 0.3) is 22.0 Å². The van der Waals surface area contributed by atoms with Gasteiger partial charge in [0, 0.05) is 24.4 Å². The van der Waals surface area contributed by atoms with Gasteiger partial charge in [-0.3, -0.25) is 14.6 Å². The van der Waals surface area contributed by atoms with Gasteiger partial charge in [0.2, 0.25) is 5.91 Å². The van der Waals surface area contributed by atoms with Crippen LogP contribution in [0.4, 0.5) is 0 Å². The Morgan fingerprint density at radius 1 is 1.18 bits per heavy atom. The number of likely N-dealkylation sites (tertiary alicyclic amines) is 1. The number of pyridine rings is 1. The van der Waals surface area contributed by atoms with Crippen molar-refractivity contribution in [2.24, 2.45) is 0 Å². The first-order valence-corrected chi connectivity index (χ1v) is 12.3. The summed E-state index contributed by atoms with van der Waals surface area (Å²) in [5.41, 5.74) is 2.38. The highest BCUT2D eigenvalue weighted by Gasteiger charge is 2.28. The minimum absolute atomic E-state index is 0.197. The number of aromatic nitrogens is 1. The number of carbonyl (C=O) groups excluding carboxylic acids is 2. The zero-order valence-electron chi connectivity index (χ0n) is 18.0. The van der Waals surface area contributed by atoms with Crippen LogP contribution in [0.3, 0.4) is 0 Å². The van der Waals surface area contributed by atoms with Gasteiger partial charge in [-0.2, -0.15) is 5.26 Å².